The highest BCUT2D eigenvalue weighted by Gasteiger charge is 2.30. The first kappa shape index (κ1) is 17.2. The van der Waals surface area contributed by atoms with Crippen LogP contribution in [0, 0.1) is 11.8 Å². The Hall–Kier alpha value is -1.84. The molecule has 0 radical (unpaired) electrons. The van der Waals surface area contributed by atoms with Crippen molar-refractivity contribution in [3.05, 3.63) is 35.9 Å². The fraction of sp³-hybridized carbons (Fsp3) is 0.529. The van der Waals surface area contributed by atoms with E-state index < -0.39 is 17.9 Å². The molecular weight excluding hydrogens is 268 g/mol. The van der Waals surface area contributed by atoms with Gasteiger partial charge < -0.3 is 10.2 Å². The van der Waals surface area contributed by atoms with Gasteiger partial charge in [-0.1, -0.05) is 56.5 Å². The predicted octanol–water partition coefficient (Wildman–Crippen LogP) is 3.60. The topological polar surface area (TPSA) is 74.6 Å². The van der Waals surface area contributed by atoms with Crippen molar-refractivity contribution in [1.82, 2.24) is 0 Å². The Balaban J connectivity index is 2.82. The summed E-state index contributed by atoms with van der Waals surface area (Å²) in [6.07, 6.45) is 4.12. The average Bonchev–Trinajstić information content (AvgIpc) is 2.45. The molecule has 1 aromatic carbocycles. The van der Waals surface area contributed by atoms with Crippen LogP contribution in [0.4, 0.5) is 0 Å². The maximum absolute atomic E-state index is 11.4. The van der Waals surface area contributed by atoms with Crippen molar-refractivity contribution in [2.75, 3.05) is 0 Å². The maximum atomic E-state index is 11.4. The largest absolute Gasteiger partial charge is 0.481 e. The summed E-state index contributed by atoms with van der Waals surface area (Å²) in [4.78, 5) is 22.4. The molecule has 2 unspecified atom stereocenters. The van der Waals surface area contributed by atoms with Crippen LogP contribution < -0.4 is 0 Å². The molecule has 0 spiro atoms. The molecule has 0 aliphatic rings. The Labute approximate surface area is 125 Å². The minimum Gasteiger partial charge on any atom is -0.481 e. The molecule has 0 heterocycles. The molecular formula is C17H24O4. The lowest BCUT2D eigenvalue weighted by Crippen LogP contribution is -2.28. The van der Waals surface area contributed by atoms with E-state index in [1.807, 2.05) is 30.3 Å². The van der Waals surface area contributed by atoms with Gasteiger partial charge in [0.2, 0.25) is 0 Å². The number of hydrogen-bond acceptors (Lipinski definition) is 2. The summed E-state index contributed by atoms with van der Waals surface area (Å²) in [6.45, 7) is 2.10. The molecule has 2 N–H and O–H groups in total. The van der Waals surface area contributed by atoms with E-state index in [1.165, 1.54) is 0 Å². The Bertz CT molecular complexity index is 441. The van der Waals surface area contributed by atoms with Crippen molar-refractivity contribution in [2.24, 2.45) is 11.8 Å². The first-order valence-electron chi connectivity index (χ1n) is 7.53. The van der Waals surface area contributed by atoms with E-state index in [1.54, 1.807) is 0 Å². The van der Waals surface area contributed by atoms with Crippen LogP contribution in [0.3, 0.4) is 0 Å². The minimum absolute atomic E-state index is 0.132. The first-order chi connectivity index (χ1) is 10.0. The Kier molecular flexibility index (Phi) is 7.51. The normalized spacial score (nSPS) is 13.6. The van der Waals surface area contributed by atoms with Gasteiger partial charge in [-0.05, 0) is 24.3 Å². The van der Waals surface area contributed by atoms with Gasteiger partial charge in [-0.2, -0.15) is 0 Å². The zero-order valence-corrected chi connectivity index (χ0v) is 12.5. The Morgan fingerprint density at radius 2 is 1.76 bits per heavy atom. The molecule has 4 heteroatoms. The van der Waals surface area contributed by atoms with Crippen molar-refractivity contribution in [3.8, 4) is 0 Å². The van der Waals surface area contributed by atoms with Crippen molar-refractivity contribution < 1.29 is 19.8 Å². The third-order valence-corrected chi connectivity index (χ3v) is 3.80. The zero-order valence-electron chi connectivity index (χ0n) is 12.5. The number of carbonyl (C=O) groups is 2. The Morgan fingerprint density at radius 3 is 2.29 bits per heavy atom. The molecule has 0 saturated carbocycles. The second-order valence-corrected chi connectivity index (χ2v) is 5.49. The highest BCUT2D eigenvalue weighted by atomic mass is 16.4. The SMILES string of the molecule is CCCCCC(Cc1ccccc1)C(CC(=O)O)C(=O)O. The molecule has 0 aromatic heterocycles. The van der Waals surface area contributed by atoms with Crippen molar-refractivity contribution in [1.29, 1.82) is 0 Å². The van der Waals surface area contributed by atoms with Gasteiger partial charge in [-0.15, -0.1) is 0 Å². The van der Waals surface area contributed by atoms with E-state index in [2.05, 4.69) is 6.92 Å². The lowest BCUT2D eigenvalue weighted by molar-refractivity contribution is -0.150. The lowest BCUT2D eigenvalue weighted by Gasteiger charge is -2.23. The number of carboxylic acid groups (broad SMARTS) is 2. The summed E-state index contributed by atoms with van der Waals surface area (Å²) in [5.74, 6) is -3.00. The summed E-state index contributed by atoms with van der Waals surface area (Å²) < 4.78 is 0. The molecule has 1 rings (SSSR count). The molecule has 0 bridgehead atoms. The quantitative estimate of drug-likeness (QED) is 0.646. The molecule has 1 aromatic rings. The standard InChI is InChI=1S/C17H24O4/c1-2-3-5-10-14(11-13-8-6-4-7-9-13)15(17(20)21)12-16(18)19/h4,6-9,14-15H,2-3,5,10-12H2,1H3,(H,18,19)(H,20,21). The van der Waals surface area contributed by atoms with Gasteiger partial charge in [0, 0.05) is 0 Å². The van der Waals surface area contributed by atoms with Crippen LogP contribution in [-0.2, 0) is 16.0 Å². The van der Waals surface area contributed by atoms with Crippen LogP contribution in [0.5, 0.6) is 0 Å². The maximum Gasteiger partial charge on any atom is 0.307 e. The second-order valence-electron chi connectivity index (χ2n) is 5.49. The number of aliphatic carboxylic acids is 2. The van der Waals surface area contributed by atoms with E-state index in [-0.39, 0.29) is 12.3 Å². The molecule has 116 valence electrons. The van der Waals surface area contributed by atoms with E-state index in [0.717, 1.165) is 31.2 Å². The van der Waals surface area contributed by atoms with Crippen LogP contribution in [0.1, 0.15) is 44.6 Å². The highest BCUT2D eigenvalue weighted by Crippen LogP contribution is 2.27. The molecule has 0 aliphatic heterocycles. The molecule has 0 aliphatic carbocycles. The number of rotatable bonds is 10. The number of carboxylic acids is 2. The van der Waals surface area contributed by atoms with Crippen molar-refractivity contribution in [3.63, 3.8) is 0 Å². The van der Waals surface area contributed by atoms with Crippen LogP contribution in [-0.4, -0.2) is 22.2 Å². The minimum atomic E-state index is -1.05. The monoisotopic (exact) mass is 292 g/mol. The van der Waals surface area contributed by atoms with Gasteiger partial charge >= 0.3 is 11.9 Å². The highest BCUT2D eigenvalue weighted by molar-refractivity contribution is 5.78. The Morgan fingerprint density at radius 1 is 1.10 bits per heavy atom. The third-order valence-electron chi connectivity index (χ3n) is 3.80. The summed E-state index contributed by atoms with van der Waals surface area (Å²) >= 11 is 0. The zero-order chi connectivity index (χ0) is 15.7. The summed E-state index contributed by atoms with van der Waals surface area (Å²) in [5.41, 5.74) is 1.07. The fourth-order valence-electron chi connectivity index (χ4n) is 2.66. The van der Waals surface area contributed by atoms with E-state index in [9.17, 15) is 14.7 Å². The van der Waals surface area contributed by atoms with Crippen LogP contribution in [0.15, 0.2) is 30.3 Å². The van der Waals surface area contributed by atoms with E-state index in [0.29, 0.717) is 6.42 Å². The summed E-state index contributed by atoms with van der Waals surface area (Å²) in [6, 6.07) is 9.69. The second kappa shape index (κ2) is 9.16. The van der Waals surface area contributed by atoms with Crippen LogP contribution >= 0.6 is 0 Å². The van der Waals surface area contributed by atoms with Crippen molar-refractivity contribution >= 4 is 11.9 Å². The van der Waals surface area contributed by atoms with Gasteiger partial charge in [0.1, 0.15) is 0 Å². The molecule has 21 heavy (non-hydrogen) atoms. The first-order valence-corrected chi connectivity index (χ1v) is 7.53. The lowest BCUT2D eigenvalue weighted by atomic mass is 9.81. The predicted molar refractivity (Wildman–Crippen MR) is 81.2 cm³/mol. The van der Waals surface area contributed by atoms with Gasteiger partial charge in [0.25, 0.3) is 0 Å². The van der Waals surface area contributed by atoms with Gasteiger partial charge in [-0.25, -0.2) is 0 Å². The van der Waals surface area contributed by atoms with E-state index in [4.69, 9.17) is 5.11 Å². The van der Waals surface area contributed by atoms with Gasteiger partial charge in [0.05, 0.1) is 12.3 Å². The van der Waals surface area contributed by atoms with Crippen molar-refractivity contribution in [2.45, 2.75) is 45.4 Å². The summed E-state index contributed by atoms with van der Waals surface area (Å²) in [5, 5.41) is 18.3. The van der Waals surface area contributed by atoms with Gasteiger partial charge in [0.15, 0.2) is 0 Å². The number of benzene rings is 1. The number of unbranched alkanes of at least 4 members (excludes halogenated alkanes) is 2. The summed E-state index contributed by atoms with van der Waals surface area (Å²) in [7, 11) is 0. The molecule has 2 atom stereocenters. The van der Waals surface area contributed by atoms with Gasteiger partial charge in [-0.3, -0.25) is 9.59 Å². The third kappa shape index (κ3) is 6.43. The fourth-order valence-corrected chi connectivity index (χ4v) is 2.66. The van der Waals surface area contributed by atoms with E-state index >= 15 is 0 Å². The smallest absolute Gasteiger partial charge is 0.307 e. The molecule has 0 saturated heterocycles. The average molecular weight is 292 g/mol. The van der Waals surface area contributed by atoms with Crippen LogP contribution in [0.25, 0.3) is 0 Å². The molecule has 0 fully saturated rings. The van der Waals surface area contributed by atoms with Crippen LogP contribution in [0.2, 0.25) is 0 Å². The molecule has 4 nitrogen and oxygen atoms in total. The number of hydrogen-bond donors (Lipinski definition) is 2. The molecule has 0 amide bonds.